The number of unbranched alkanes of at least 4 members (excludes halogenated alkanes) is 1. The number of Topliss-reactive ketones (excluding diaryl/α,β-unsaturated/α-hetero) is 1. The molecule has 0 spiro atoms. The molecule has 154 valence electrons. The first-order chi connectivity index (χ1) is 14.2. The lowest BCUT2D eigenvalue weighted by atomic mass is 9.70. The Bertz CT molecular complexity index is 771. The summed E-state index contributed by atoms with van der Waals surface area (Å²) in [5.41, 5.74) is 1.63. The number of aromatic nitrogens is 1. The van der Waals surface area contributed by atoms with Crippen LogP contribution in [0.5, 0.6) is 0 Å². The van der Waals surface area contributed by atoms with E-state index in [1.807, 2.05) is 42.5 Å². The third kappa shape index (κ3) is 6.23. The number of benzene rings is 1. The predicted molar refractivity (Wildman–Crippen MR) is 115 cm³/mol. The molecule has 1 aliphatic rings. The van der Waals surface area contributed by atoms with Gasteiger partial charge in [-0.25, -0.2) is 0 Å². The van der Waals surface area contributed by atoms with E-state index in [2.05, 4.69) is 15.6 Å². The van der Waals surface area contributed by atoms with Crippen LogP contribution in [0.4, 0.5) is 0 Å². The van der Waals surface area contributed by atoms with Crippen molar-refractivity contribution in [2.24, 2.45) is 5.41 Å². The molecular weight excluding hydrogens is 362 g/mol. The Balaban J connectivity index is 1.42. The van der Waals surface area contributed by atoms with E-state index in [-0.39, 0.29) is 17.1 Å². The molecule has 2 aromatic rings. The number of hydrogen-bond acceptors (Lipinski definition) is 4. The number of ketones is 1. The molecule has 1 aromatic heterocycles. The molecule has 0 radical (unpaired) electrons. The number of hydrogen-bond donors (Lipinski definition) is 2. The largest absolute Gasteiger partial charge is 0.356 e. The highest BCUT2D eigenvalue weighted by Gasteiger charge is 2.39. The van der Waals surface area contributed by atoms with Crippen molar-refractivity contribution >= 4 is 11.7 Å². The zero-order valence-corrected chi connectivity index (χ0v) is 17.0. The fourth-order valence-electron chi connectivity index (χ4n) is 4.10. The summed E-state index contributed by atoms with van der Waals surface area (Å²) in [6.07, 6.45) is 9.23. The maximum absolute atomic E-state index is 13.2. The van der Waals surface area contributed by atoms with E-state index in [0.717, 1.165) is 56.3 Å². The van der Waals surface area contributed by atoms with Crippen LogP contribution in [0.3, 0.4) is 0 Å². The van der Waals surface area contributed by atoms with Crippen LogP contribution in [0.2, 0.25) is 0 Å². The third-order valence-corrected chi connectivity index (χ3v) is 5.85. The minimum Gasteiger partial charge on any atom is -0.356 e. The molecule has 0 atom stereocenters. The molecule has 1 amide bonds. The summed E-state index contributed by atoms with van der Waals surface area (Å²) in [6, 6.07) is 13.5. The van der Waals surface area contributed by atoms with Crippen molar-refractivity contribution in [1.29, 1.82) is 0 Å². The number of carbonyl (C=O) groups is 2. The SMILES string of the molecule is O=C(CCc1cccnc1)NCCCCC1(C(=O)c2ccccc2)CCNCC1. The summed E-state index contributed by atoms with van der Waals surface area (Å²) in [6.45, 7) is 2.45. The third-order valence-electron chi connectivity index (χ3n) is 5.85. The second kappa shape index (κ2) is 10.9. The van der Waals surface area contributed by atoms with Crippen molar-refractivity contribution < 1.29 is 9.59 Å². The van der Waals surface area contributed by atoms with Crippen molar-refractivity contribution in [2.45, 2.75) is 44.9 Å². The second-order valence-electron chi connectivity index (χ2n) is 7.89. The lowest BCUT2D eigenvalue weighted by Gasteiger charge is -2.36. The number of piperidine rings is 1. The van der Waals surface area contributed by atoms with Gasteiger partial charge in [0.05, 0.1) is 0 Å². The van der Waals surface area contributed by atoms with Gasteiger partial charge in [0.2, 0.25) is 5.91 Å². The first kappa shape index (κ1) is 21.2. The highest BCUT2D eigenvalue weighted by atomic mass is 16.1. The summed E-state index contributed by atoms with van der Waals surface area (Å²) in [5.74, 6) is 0.353. The Kier molecular flexibility index (Phi) is 7.94. The topological polar surface area (TPSA) is 71.1 Å². The summed E-state index contributed by atoms with van der Waals surface area (Å²) in [4.78, 5) is 29.3. The highest BCUT2D eigenvalue weighted by molar-refractivity contribution is 6.00. The molecule has 3 rings (SSSR count). The molecule has 2 heterocycles. The first-order valence-corrected chi connectivity index (χ1v) is 10.7. The van der Waals surface area contributed by atoms with E-state index in [9.17, 15) is 9.59 Å². The number of rotatable bonds is 10. The quantitative estimate of drug-likeness (QED) is 0.478. The molecule has 29 heavy (non-hydrogen) atoms. The summed E-state index contributed by atoms with van der Waals surface area (Å²) in [7, 11) is 0. The van der Waals surface area contributed by atoms with Crippen LogP contribution < -0.4 is 10.6 Å². The number of carbonyl (C=O) groups excluding carboxylic acids is 2. The Morgan fingerprint density at radius 3 is 2.55 bits per heavy atom. The van der Waals surface area contributed by atoms with E-state index in [4.69, 9.17) is 0 Å². The number of aryl methyl sites for hydroxylation is 1. The number of amides is 1. The maximum Gasteiger partial charge on any atom is 0.220 e. The molecule has 0 bridgehead atoms. The Hall–Kier alpha value is -2.53. The van der Waals surface area contributed by atoms with Gasteiger partial charge in [0, 0.05) is 36.3 Å². The Morgan fingerprint density at radius 1 is 1.03 bits per heavy atom. The van der Waals surface area contributed by atoms with Crippen molar-refractivity contribution in [3.05, 3.63) is 66.0 Å². The monoisotopic (exact) mass is 393 g/mol. The predicted octanol–water partition coefficient (Wildman–Crippen LogP) is 3.55. The van der Waals surface area contributed by atoms with Gasteiger partial charge in [-0.1, -0.05) is 42.8 Å². The zero-order valence-electron chi connectivity index (χ0n) is 17.0. The molecule has 1 saturated heterocycles. The minimum atomic E-state index is -0.267. The number of nitrogens with one attached hydrogen (secondary N) is 2. The van der Waals surface area contributed by atoms with Crippen molar-refractivity contribution in [3.63, 3.8) is 0 Å². The van der Waals surface area contributed by atoms with Crippen LogP contribution in [-0.2, 0) is 11.2 Å². The smallest absolute Gasteiger partial charge is 0.220 e. The van der Waals surface area contributed by atoms with Crippen molar-refractivity contribution in [1.82, 2.24) is 15.6 Å². The van der Waals surface area contributed by atoms with Crippen molar-refractivity contribution in [3.8, 4) is 0 Å². The number of pyridine rings is 1. The molecule has 5 nitrogen and oxygen atoms in total. The van der Waals surface area contributed by atoms with Gasteiger partial charge >= 0.3 is 0 Å². The van der Waals surface area contributed by atoms with E-state index in [0.29, 0.717) is 19.4 Å². The second-order valence-corrected chi connectivity index (χ2v) is 7.89. The van der Waals surface area contributed by atoms with Gasteiger partial charge in [0.25, 0.3) is 0 Å². The summed E-state index contributed by atoms with van der Waals surface area (Å²) < 4.78 is 0. The van der Waals surface area contributed by atoms with Crippen LogP contribution in [0.15, 0.2) is 54.9 Å². The van der Waals surface area contributed by atoms with Gasteiger partial charge in [0.1, 0.15) is 0 Å². The van der Waals surface area contributed by atoms with Crippen LogP contribution >= 0.6 is 0 Å². The van der Waals surface area contributed by atoms with Gasteiger partial charge in [-0.3, -0.25) is 14.6 Å². The normalized spacial score (nSPS) is 15.6. The Morgan fingerprint density at radius 2 is 1.83 bits per heavy atom. The van der Waals surface area contributed by atoms with Gasteiger partial charge in [0.15, 0.2) is 5.78 Å². The lowest BCUT2D eigenvalue weighted by molar-refractivity contribution is -0.121. The fraction of sp³-hybridized carbons (Fsp3) is 0.458. The molecule has 0 saturated carbocycles. The average molecular weight is 394 g/mol. The molecule has 0 aliphatic carbocycles. The minimum absolute atomic E-state index is 0.0748. The van der Waals surface area contributed by atoms with Gasteiger partial charge in [-0.15, -0.1) is 0 Å². The zero-order chi connectivity index (χ0) is 20.4. The lowest BCUT2D eigenvalue weighted by Crippen LogP contribution is -2.42. The van der Waals surface area contributed by atoms with Crippen LogP contribution in [0.25, 0.3) is 0 Å². The molecule has 5 heteroatoms. The molecule has 2 N–H and O–H groups in total. The van der Waals surface area contributed by atoms with Crippen LogP contribution in [0, 0.1) is 5.41 Å². The van der Waals surface area contributed by atoms with Crippen LogP contribution in [-0.4, -0.2) is 36.3 Å². The van der Waals surface area contributed by atoms with Gasteiger partial charge in [-0.05, 0) is 56.8 Å². The molecule has 1 fully saturated rings. The highest BCUT2D eigenvalue weighted by Crippen LogP contribution is 2.38. The van der Waals surface area contributed by atoms with E-state index < -0.39 is 0 Å². The maximum atomic E-state index is 13.2. The Labute approximate surface area is 173 Å². The van der Waals surface area contributed by atoms with Crippen LogP contribution in [0.1, 0.15) is 54.4 Å². The van der Waals surface area contributed by atoms with E-state index >= 15 is 0 Å². The molecule has 1 aliphatic heterocycles. The average Bonchev–Trinajstić information content (AvgIpc) is 2.79. The van der Waals surface area contributed by atoms with E-state index in [1.165, 1.54) is 0 Å². The van der Waals surface area contributed by atoms with Gasteiger partial charge < -0.3 is 10.6 Å². The molecular formula is C24H31N3O2. The summed E-state index contributed by atoms with van der Waals surface area (Å²) >= 11 is 0. The summed E-state index contributed by atoms with van der Waals surface area (Å²) in [5, 5.41) is 6.38. The van der Waals surface area contributed by atoms with E-state index in [1.54, 1.807) is 12.4 Å². The fourth-order valence-corrected chi connectivity index (χ4v) is 4.10. The first-order valence-electron chi connectivity index (χ1n) is 10.7. The van der Waals surface area contributed by atoms with Gasteiger partial charge in [-0.2, -0.15) is 0 Å². The number of nitrogens with zero attached hydrogens (tertiary/aromatic N) is 1. The molecule has 1 aromatic carbocycles. The standard InChI is InChI=1S/C24H31N3O2/c28-22(11-10-20-7-6-15-26-19-20)27-16-5-4-12-24(13-17-25-18-14-24)23(29)21-8-2-1-3-9-21/h1-3,6-9,15,19,25H,4-5,10-14,16-18H2,(H,27,28). The molecule has 0 unspecified atom stereocenters. The van der Waals surface area contributed by atoms with Crippen molar-refractivity contribution in [2.75, 3.05) is 19.6 Å².